The highest BCUT2D eigenvalue weighted by Gasteiger charge is 2.15. The predicted octanol–water partition coefficient (Wildman–Crippen LogP) is 2.29. The van der Waals surface area contributed by atoms with Crippen LogP contribution in [0.15, 0.2) is 54.8 Å². The molecule has 12 nitrogen and oxygen atoms in total. The van der Waals surface area contributed by atoms with Crippen LogP contribution in [0.25, 0.3) is 21.8 Å². The third kappa shape index (κ3) is 3.48. The van der Waals surface area contributed by atoms with E-state index in [4.69, 9.17) is 8.83 Å². The van der Waals surface area contributed by atoms with Gasteiger partial charge in [-0.05, 0) is 12.1 Å². The molecule has 0 spiro atoms. The van der Waals surface area contributed by atoms with Crippen LogP contribution in [0.5, 0.6) is 0 Å². The maximum atomic E-state index is 12.1. The molecule has 2 aromatic heterocycles. The number of non-ortho nitro benzene ring substituents is 2. The quantitative estimate of drug-likeness (QED) is 0.351. The van der Waals surface area contributed by atoms with Crippen LogP contribution < -0.4 is 11.3 Å². The van der Waals surface area contributed by atoms with Crippen LogP contribution in [0.1, 0.15) is 11.8 Å². The minimum atomic E-state index is -0.779. The second-order valence-corrected chi connectivity index (χ2v) is 6.21. The molecule has 0 radical (unpaired) electrons. The maximum absolute atomic E-state index is 12.1. The normalized spacial score (nSPS) is 11.1. The average molecular weight is 410 g/mol. The van der Waals surface area contributed by atoms with Crippen molar-refractivity contribution in [2.75, 3.05) is 0 Å². The molecule has 0 atom stereocenters. The number of hydrogen-bond donors (Lipinski definition) is 0. The van der Waals surface area contributed by atoms with Gasteiger partial charge in [-0.2, -0.15) is 0 Å². The lowest BCUT2D eigenvalue weighted by atomic mass is 10.2. The fraction of sp³-hybridized carbons (Fsp3) is 0.111. The molecule has 0 bridgehead atoms. The minimum absolute atomic E-state index is 0.0232. The Morgan fingerprint density at radius 3 is 1.50 bits per heavy atom. The maximum Gasteiger partial charge on any atom is 0.347 e. The monoisotopic (exact) mass is 410 g/mol. The Morgan fingerprint density at radius 2 is 1.13 bits per heavy atom. The molecule has 30 heavy (non-hydrogen) atoms. The number of fused-ring (bicyclic) bond motifs is 2. The van der Waals surface area contributed by atoms with Gasteiger partial charge in [-0.1, -0.05) is 0 Å². The average Bonchev–Trinajstić information content (AvgIpc) is 2.71. The standard InChI is InChI=1S/C18H10N4O8/c23-17-11-7-9(21(25)26)1-3-13(11)19-15(29-17)5-6-16-20-14-4-2-10(22(27)28)8-12(14)18(24)30-16/h1-4,7-8H,5-6H2. The highest BCUT2D eigenvalue weighted by Crippen LogP contribution is 2.19. The molecular weight excluding hydrogens is 400 g/mol. The molecule has 0 aliphatic rings. The van der Waals surface area contributed by atoms with Crippen molar-refractivity contribution in [3.8, 4) is 0 Å². The highest BCUT2D eigenvalue weighted by molar-refractivity contribution is 5.80. The van der Waals surface area contributed by atoms with Crippen molar-refractivity contribution in [3.63, 3.8) is 0 Å². The number of nitrogens with zero attached hydrogens (tertiary/aromatic N) is 4. The summed E-state index contributed by atoms with van der Waals surface area (Å²) in [4.78, 5) is 53.0. The minimum Gasteiger partial charge on any atom is -0.408 e. The van der Waals surface area contributed by atoms with Crippen molar-refractivity contribution in [2.24, 2.45) is 0 Å². The molecule has 0 amide bonds. The zero-order valence-electron chi connectivity index (χ0n) is 14.9. The van der Waals surface area contributed by atoms with E-state index < -0.39 is 21.1 Å². The number of rotatable bonds is 5. The SMILES string of the molecule is O=c1oc(CCc2nc3ccc([N+](=O)[O-])cc3c(=O)o2)nc2ccc([N+](=O)[O-])cc12. The Morgan fingerprint density at radius 1 is 0.733 bits per heavy atom. The third-order valence-corrected chi connectivity index (χ3v) is 4.29. The van der Waals surface area contributed by atoms with Crippen molar-refractivity contribution < 1.29 is 18.7 Å². The summed E-state index contributed by atoms with van der Waals surface area (Å²) < 4.78 is 10.2. The summed E-state index contributed by atoms with van der Waals surface area (Å²) in [6.45, 7) is 0. The molecule has 2 heterocycles. The van der Waals surface area contributed by atoms with Gasteiger partial charge < -0.3 is 8.83 Å². The van der Waals surface area contributed by atoms with Crippen LogP contribution in [0, 0.1) is 20.2 Å². The lowest BCUT2D eigenvalue weighted by Crippen LogP contribution is -2.09. The molecule has 4 rings (SSSR count). The first-order chi connectivity index (χ1) is 14.3. The van der Waals surface area contributed by atoms with Gasteiger partial charge in [-0.25, -0.2) is 19.6 Å². The Hall–Kier alpha value is -4.48. The first-order valence-electron chi connectivity index (χ1n) is 8.48. The van der Waals surface area contributed by atoms with Gasteiger partial charge in [-0.15, -0.1) is 0 Å². The number of aryl methyl sites for hydroxylation is 2. The zero-order chi connectivity index (χ0) is 21.4. The summed E-state index contributed by atoms with van der Waals surface area (Å²) in [6.07, 6.45) is 0.132. The van der Waals surface area contributed by atoms with Gasteiger partial charge in [0.15, 0.2) is 11.8 Å². The van der Waals surface area contributed by atoms with Gasteiger partial charge >= 0.3 is 11.3 Å². The molecule has 2 aromatic carbocycles. The largest absolute Gasteiger partial charge is 0.408 e. The number of benzene rings is 2. The Balaban J connectivity index is 1.62. The van der Waals surface area contributed by atoms with E-state index in [-0.39, 0.29) is 57.8 Å². The van der Waals surface area contributed by atoms with Crippen LogP contribution in [0.4, 0.5) is 11.4 Å². The topological polar surface area (TPSA) is 172 Å². The van der Waals surface area contributed by atoms with Crippen LogP contribution in [0.2, 0.25) is 0 Å². The Kier molecular flexibility index (Phi) is 4.50. The van der Waals surface area contributed by atoms with E-state index in [0.29, 0.717) is 0 Å². The van der Waals surface area contributed by atoms with Crippen LogP contribution in [-0.2, 0) is 12.8 Å². The number of nitro benzene ring substituents is 2. The lowest BCUT2D eigenvalue weighted by Gasteiger charge is -2.03. The molecule has 0 aliphatic carbocycles. The fourth-order valence-corrected chi connectivity index (χ4v) is 2.86. The summed E-state index contributed by atoms with van der Waals surface area (Å²) in [6, 6.07) is 7.30. The number of hydrogen-bond acceptors (Lipinski definition) is 10. The summed E-state index contributed by atoms with van der Waals surface area (Å²) >= 11 is 0. The number of aromatic nitrogens is 2. The lowest BCUT2D eigenvalue weighted by molar-refractivity contribution is -0.384. The van der Waals surface area contributed by atoms with Crippen LogP contribution in [0.3, 0.4) is 0 Å². The molecule has 150 valence electrons. The van der Waals surface area contributed by atoms with Gasteiger partial charge in [0.05, 0.1) is 31.7 Å². The second kappa shape index (κ2) is 7.16. The van der Waals surface area contributed by atoms with Crippen molar-refractivity contribution >= 4 is 33.2 Å². The summed E-state index contributed by atoms with van der Waals surface area (Å²) in [7, 11) is 0. The van der Waals surface area contributed by atoms with Crippen LogP contribution in [-0.4, -0.2) is 19.8 Å². The molecule has 0 unspecified atom stereocenters. The first-order valence-corrected chi connectivity index (χ1v) is 8.48. The van der Waals surface area contributed by atoms with Crippen LogP contribution >= 0.6 is 0 Å². The molecule has 0 saturated heterocycles. The third-order valence-electron chi connectivity index (χ3n) is 4.29. The molecule has 0 N–H and O–H groups in total. The van der Waals surface area contributed by atoms with Gasteiger partial charge in [0.2, 0.25) is 0 Å². The molecule has 0 fully saturated rings. The van der Waals surface area contributed by atoms with Gasteiger partial charge in [0.25, 0.3) is 11.4 Å². The molecule has 4 aromatic rings. The predicted molar refractivity (Wildman–Crippen MR) is 101 cm³/mol. The van der Waals surface area contributed by atoms with E-state index in [0.717, 1.165) is 12.1 Å². The summed E-state index contributed by atoms with van der Waals surface area (Å²) in [5.41, 5.74) is -1.62. The van der Waals surface area contributed by atoms with Gasteiger partial charge in [0, 0.05) is 37.1 Å². The molecule has 0 aliphatic heterocycles. The van der Waals surface area contributed by atoms with Crippen molar-refractivity contribution in [3.05, 3.63) is 89.2 Å². The van der Waals surface area contributed by atoms with E-state index in [2.05, 4.69) is 9.97 Å². The molecule has 0 saturated carbocycles. The Bertz CT molecular complexity index is 1350. The van der Waals surface area contributed by atoms with Crippen molar-refractivity contribution in [1.82, 2.24) is 9.97 Å². The Labute approximate surface area is 164 Å². The fourth-order valence-electron chi connectivity index (χ4n) is 2.86. The zero-order valence-corrected chi connectivity index (χ0v) is 14.9. The smallest absolute Gasteiger partial charge is 0.347 e. The summed E-state index contributed by atoms with van der Waals surface area (Å²) in [5, 5.41) is 21.6. The van der Waals surface area contributed by atoms with Crippen molar-refractivity contribution in [1.29, 1.82) is 0 Å². The highest BCUT2D eigenvalue weighted by atomic mass is 16.6. The molecular formula is C18H10N4O8. The first kappa shape index (κ1) is 18.9. The second-order valence-electron chi connectivity index (χ2n) is 6.21. The van der Waals surface area contributed by atoms with Gasteiger partial charge in [-0.3, -0.25) is 20.2 Å². The van der Waals surface area contributed by atoms with Gasteiger partial charge in [0.1, 0.15) is 0 Å². The molecule has 12 heteroatoms. The van der Waals surface area contributed by atoms with E-state index in [1.54, 1.807) is 0 Å². The van der Waals surface area contributed by atoms with E-state index in [1.807, 2.05) is 0 Å². The van der Waals surface area contributed by atoms with Crippen molar-refractivity contribution in [2.45, 2.75) is 12.8 Å². The van der Waals surface area contributed by atoms with E-state index in [9.17, 15) is 29.8 Å². The summed E-state index contributed by atoms with van der Waals surface area (Å²) in [5.74, 6) is 0.0733. The number of nitro groups is 2. The van der Waals surface area contributed by atoms with E-state index in [1.165, 1.54) is 24.3 Å². The van der Waals surface area contributed by atoms with E-state index >= 15 is 0 Å².